The van der Waals surface area contributed by atoms with Crippen molar-refractivity contribution in [1.82, 2.24) is 10.3 Å². The van der Waals surface area contributed by atoms with Crippen molar-refractivity contribution in [3.63, 3.8) is 0 Å². The van der Waals surface area contributed by atoms with Crippen LogP contribution >= 0.6 is 11.8 Å². The molecule has 0 saturated heterocycles. The van der Waals surface area contributed by atoms with Crippen LogP contribution < -0.4 is 16.1 Å². The maximum atomic E-state index is 12.1. The molecular formula is C27H34N6O3S. The number of carbonyl (C=O) groups excluding carboxylic acids is 2. The number of hydrogen-bond acceptors (Lipinski definition) is 9. The maximum absolute atomic E-state index is 12.1. The number of nitrogens with zero attached hydrogens (tertiary/aromatic N) is 4. The van der Waals surface area contributed by atoms with Crippen LogP contribution in [0, 0.1) is 34.5 Å². The number of pyridine rings is 1. The van der Waals surface area contributed by atoms with E-state index in [1.54, 1.807) is 0 Å². The van der Waals surface area contributed by atoms with Crippen LogP contribution in [-0.2, 0) is 33.1 Å². The lowest BCUT2D eigenvalue weighted by atomic mass is 9.92. The zero-order valence-electron chi connectivity index (χ0n) is 22.0. The molecule has 0 fully saturated rings. The van der Waals surface area contributed by atoms with Crippen LogP contribution in [0.5, 0.6) is 0 Å². The molecular weight excluding hydrogens is 488 g/mol. The Morgan fingerprint density at radius 2 is 1.78 bits per heavy atom. The molecule has 0 aliphatic rings. The van der Waals surface area contributed by atoms with Crippen molar-refractivity contribution in [1.29, 1.82) is 10.5 Å². The van der Waals surface area contributed by atoms with Crippen LogP contribution in [0.25, 0.3) is 0 Å². The lowest BCUT2D eigenvalue weighted by Gasteiger charge is -2.25. The van der Waals surface area contributed by atoms with Crippen molar-refractivity contribution in [3.8, 4) is 12.1 Å². The molecule has 196 valence electrons. The van der Waals surface area contributed by atoms with E-state index in [1.165, 1.54) is 18.7 Å². The highest BCUT2D eigenvalue weighted by Crippen LogP contribution is 2.33. The number of aromatic nitrogens is 1. The third-order valence-corrected chi connectivity index (χ3v) is 7.17. The lowest BCUT2D eigenvalue weighted by molar-refractivity contribution is -0.150. The molecule has 1 amide bonds. The van der Waals surface area contributed by atoms with Crippen LogP contribution in [0.2, 0.25) is 0 Å². The summed E-state index contributed by atoms with van der Waals surface area (Å²) in [5.41, 5.74) is 3.48. The number of carbonyl (C=O) groups is 2. The van der Waals surface area contributed by atoms with Gasteiger partial charge in [0.1, 0.15) is 23.0 Å². The van der Waals surface area contributed by atoms with Gasteiger partial charge < -0.3 is 15.1 Å². The van der Waals surface area contributed by atoms with Gasteiger partial charge in [0, 0.05) is 32.8 Å². The fraction of sp³-hybridized carbons (Fsp3) is 0.444. The molecule has 0 radical (unpaired) electrons. The van der Waals surface area contributed by atoms with Crippen LogP contribution in [0.1, 0.15) is 61.9 Å². The van der Waals surface area contributed by atoms with Gasteiger partial charge >= 0.3 is 5.97 Å². The minimum Gasteiger partial charge on any atom is -0.373 e. The molecule has 2 aromatic rings. The Kier molecular flexibility index (Phi) is 11.4. The Labute approximate surface area is 222 Å². The van der Waals surface area contributed by atoms with E-state index in [1.807, 2.05) is 57.0 Å². The minimum atomic E-state index is -0.467. The van der Waals surface area contributed by atoms with Gasteiger partial charge in [0.05, 0.1) is 17.0 Å². The fourth-order valence-electron chi connectivity index (χ4n) is 3.94. The quantitative estimate of drug-likeness (QED) is 0.314. The van der Waals surface area contributed by atoms with Gasteiger partial charge in [-0.2, -0.15) is 16.4 Å². The highest BCUT2D eigenvalue weighted by Gasteiger charge is 2.26. The molecule has 1 heterocycles. The largest absolute Gasteiger partial charge is 0.373 e. The summed E-state index contributed by atoms with van der Waals surface area (Å²) in [6.45, 7) is 8.17. The molecule has 1 aromatic carbocycles. The summed E-state index contributed by atoms with van der Waals surface area (Å²) in [7, 11) is 1.82. The summed E-state index contributed by atoms with van der Waals surface area (Å²) >= 11 is 1.44. The van der Waals surface area contributed by atoms with Gasteiger partial charge in [-0.05, 0) is 35.4 Å². The molecule has 0 bridgehead atoms. The van der Waals surface area contributed by atoms with Crippen LogP contribution in [0.15, 0.2) is 29.3 Å². The first-order chi connectivity index (χ1) is 17.7. The second-order valence-electron chi connectivity index (χ2n) is 9.06. The summed E-state index contributed by atoms with van der Waals surface area (Å²) in [4.78, 5) is 34.3. The second kappa shape index (κ2) is 14.2. The van der Waals surface area contributed by atoms with Crippen LogP contribution in [0.4, 0.5) is 5.82 Å². The number of nitriles is 2. The third-order valence-electron chi connectivity index (χ3n) is 6.13. The van der Waals surface area contributed by atoms with Gasteiger partial charge in [-0.15, -0.1) is 11.8 Å². The summed E-state index contributed by atoms with van der Waals surface area (Å²) in [5, 5.41) is 23.2. The standard InChI is InChI=1S/C27H34N6O3S/c1-6-21-23(13-28)25(33(5)12-11-22(17(2)3)27(35)36-30)32-26(24(21)14-29)37-16-20-9-7-19(8-10-20)15-31-18(4)34/h7-10,17,22H,6,11-12,15-16,30H2,1-5H3,(H,31,34)/t22-/m0/s1. The van der Waals surface area contributed by atoms with E-state index >= 15 is 0 Å². The van der Waals surface area contributed by atoms with Crippen molar-refractivity contribution >= 4 is 29.5 Å². The third kappa shape index (κ3) is 7.94. The predicted molar refractivity (Wildman–Crippen MR) is 143 cm³/mol. The number of rotatable bonds is 12. The molecule has 10 heteroatoms. The first-order valence-corrected chi connectivity index (χ1v) is 13.1. The molecule has 0 saturated carbocycles. The molecule has 9 nitrogen and oxygen atoms in total. The average Bonchev–Trinajstić information content (AvgIpc) is 2.89. The molecule has 3 N–H and O–H groups in total. The summed E-state index contributed by atoms with van der Waals surface area (Å²) in [6.07, 6.45) is 0.986. The molecule has 1 atom stereocenters. The Morgan fingerprint density at radius 3 is 2.30 bits per heavy atom. The van der Waals surface area contributed by atoms with E-state index in [-0.39, 0.29) is 17.7 Å². The van der Waals surface area contributed by atoms with Gasteiger partial charge in [0.25, 0.3) is 0 Å². The topological polar surface area (TPSA) is 145 Å². The molecule has 37 heavy (non-hydrogen) atoms. The minimum absolute atomic E-state index is 0.0377. The molecule has 0 aliphatic carbocycles. The molecule has 1 aromatic heterocycles. The van der Waals surface area contributed by atoms with Crippen molar-refractivity contribution in [2.45, 2.75) is 57.9 Å². The Morgan fingerprint density at radius 1 is 1.16 bits per heavy atom. The normalized spacial score (nSPS) is 11.4. The van der Waals surface area contributed by atoms with E-state index in [9.17, 15) is 20.1 Å². The number of nitrogens with two attached hydrogens (primary N) is 1. The zero-order valence-corrected chi connectivity index (χ0v) is 22.8. The van der Waals surface area contributed by atoms with Gasteiger partial charge in [0.2, 0.25) is 5.91 Å². The highest BCUT2D eigenvalue weighted by molar-refractivity contribution is 7.98. The number of hydrogen-bond donors (Lipinski definition) is 2. The van der Waals surface area contributed by atoms with E-state index in [0.717, 1.165) is 11.1 Å². The molecule has 0 aliphatic heterocycles. The van der Waals surface area contributed by atoms with E-state index < -0.39 is 5.97 Å². The monoisotopic (exact) mass is 522 g/mol. The van der Waals surface area contributed by atoms with Crippen molar-refractivity contribution in [2.24, 2.45) is 17.7 Å². The van der Waals surface area contributed by atoms with Gasteiger partial charge in [-0.3, -0.25) is 9.59 Å². The maximum Gasteiger partial charge on any atom is 0.327 e. The van der Waals surface area contributed by atoms with Crippen molar-refractivity contribution in [2.75, 3.05) is 18.5 Å². The highest BCUT2D eigenvalue weighted by atomic mass is 32.2. The summed E-state index contributed by atoms with van der Waals surface area (Å²) < 4.78 is 0. The van der Waals surface area contributed by atoms with Crippen LogP contribution in [-0.4, -0.2) is 30.5 Å². The lowest BCUT2D eigenvalue weighted by Crippen LogP contribution is -2.30. The van der Waals surface area contributed by atoms with Gasteiger partial charge in [-0.25, -0.2) is 4.98 Å². The summed E-state index contributed by atoms with van der Waals surface area (Å²) in [5.74, 6) is 5.28. The van der Waals surface area contributed by atoms with Crippen LogP contribution in [0.3, 0.4) is 0 Å². The number of benzene rings is 1. The van der Waals surface area contributed by atoms with Crippen molar-refractivity contribution in [3.05, 3.63) is 52.1 Å². The molecule has 2 rings (SSSR count). The number of nitrogens with one attached hydrogen (secondary N) is 1. The fourth-order valence-corrected chi connectivity index (χ4v) is 4.91. The first kappa shape index (κ1) is 29.6. The second-order valence-corrected chi connectivity index (χ2v) is 10.0. The number of thioether (sulfide) groups is 1. The van der Waals surface area contributed by atoms with E-state index in [0.29, 0.717) is 59.2 Å². The van der Waals surface area contributed by atoms with Crippen molar-refractivity contribution < 1.29 is 14.4 Å². The van der Waals surface area contributed by atoms with E-state index in [4.69, 9.17) is 10.9 Å². The van der Waals surface area contributed by atoms with Gasteiger partial charge in [0.15, 0.2) is 0 Å². The average molecular weight is 523 g/mol. The summed E-state index contributed by atoms with van der Waals surface area (Å²) in [6, 6.07) is 12.4. The van der Waals surface area contributed by atoms with Gasteiger partial charge in [-0.1, -0.05) is 45.0 Å². The smallest absolute Gasteiger partial charge is 0.327 e. The first-order valence-electron chi connectivity index (χ1n) is 12.1. The Hall–Kier alpha value is -3.60. The SMILES string of the molecule is CCc1c(C#N)c(SCc2ccc(CNC(C)=O)cc2)nc(N(C)CC[C@H](C(=O)ON)C(C)C)c1C#N. The van der Waals surface area contributed by atoms with E-state index in [2.05, 4.69) is 22.3 Å². The molecule has 0 unspecified atom stereocenters. The Balaban J connectivity index is 2.31. The zero-order chi connectivity index (χ0) is 27.5. The number of anilines is 1. The Bertz CT molecular complexity index is 1180. The predicted octanol–water partition coefficient (Wildman–Crippen LogP) is 3.83. The molecule has 0 spiro atoms. The number of amides is 1.